The molecular weight excluding hydrogens is 212 g/mol. The molecule has 88 valence electrons. The number of oxazole rings is 1. The van der Waals surface area contributed by atoms with Crippen LogP contribution in [-0.2, 0) is 5.41 Å². The first-order chi connectivity index (χ1) is 8.31. The molecule has 17 heavy (non-hydrogen) atoms. The average molecular weight is 228 g/mol. The fraction of sp³-hybridized carbons (Fsp3) is 0.357. The van der Waals surface area contributed by atoms with Crippen molar-refractivity contribution in [3.63, 3.8) is 0 Å². The van der Waals surface area contributed by atoms with Crippen LogP contribution in [0.25, 0.3) is 0 Å². The van der Waals surface area contributed by atoms with Crippen LogP contribution in [0.3, 0.4) is 0 Å². The maximum atomic E-state index is 5.61. The molecule has 1 heterocycles. The smallest absolute Gasteiger partial charge is 0.292 e. The van der Waals surface area contributed by atoms with Gasteiger partial charge in [0.2, 0.25) is 0 Å². The van der Waals surface area contributed by atoms with E-state index < -0.39 is 0 Å². The van der Waals surface area contributed by atoms with Crippen LogP contribution in [0.15, 0.2) is 40.9 Å². The van der Waals surface area contributed by atoms with Gasteiger partial charge in [-0.3, -0.25) is 0 Å². The van der Waals surface area contributed by atoms with Crippen molar-refractivity contribution in [1.29, 1.82) is 0 Å². The number of nitrogens with zero attached hydrogens (tertiary/aromatic N) is 1. The summed E-state index contributed by atoms with van der Waals surface area (Å²) in [4.78, 5) is 4.04. The van der Waals surface area contributed by atoms with Gasteiger partial charge in [-0.1, -0.05) is 43.2 Å². The standard InChI is InChI=1S/C14H16N2O/c15-13-16-10-12(17-13)14(8-4-5-9-14)11-6-2-1-3-7-11/h1-3,6-7,10H,4-5,8-9H2,(H2,15,16). The summed E-state index contributed by atoms with van der Waals surface area (Å²) in [5, 5.41) is 0. The molecule has 1 aliphatic rings. The minimum atomic E-state index is -0.00806. The first-order valence-corrected chi connectivity index (χ1v) is 6.09. The minimum absolute atomic E-state index is 0.00806. The fourth-order valence-corrected chi connectivity index (χ4v) is 2.92. The van der Waals surface area contributed by atoms with Gasteiger partial charge < -0.3 is 10.2 Å². The lowest BCUT2D eigenvalue weighted by Gasteiger charge is -2.26. The molecule has 0 unspecified atom stereocenters. The Hall–Kier alpha value is -1.77. The van der Waals surface area contributed by atoms with Crippen LogP contribution in [0.1, 0.15) is 37.0 Å². The Bertz CT molecular complexity index is 498. The highest BCUT2D eigenvalue weighted by Crippen LogP contribution is 2.46. The van der Waals surface area contributed by atoms with E-state index in [1.807, 2.05) is 6.07 Å². The van der Waals surface area contributed by atoms with E-state index >= 15 is 0 Å². The van der Waals surface area contributed by atoms with Gasteiger partial charge >= 0.3 is 0 Å². The topological polar surface area (TPSA) is 52.0 Å². The normalized spacial score (nSPS) is 18.4. The summed E-state index contributed by atoms with van der Waals surface area (Å²) in [5.74, 6) is 0.915. The fourth-order valence-electron chi connectivity index (χ4n) is 2.92. The van der Waals surface area contributed by atoms with Crippen molar-refractivity contribution in [2.45, 2.75) is 31.1 Å². The maximum absolute atomic E-state index is 5.61. The third-order valence-electron chi connectivity index (χ3n) is 3.78. The first-order valence-electron chi connectivity index (χ1n) is 6.09. The van der Waals surface area contributed by atoms with E-state index in [-0.39, 0.29) is 11.4 Å². The lowest BCUT2D eigenvalue weighted by atomic mass is 9.77. The molecule has 0 saturated heterocycles. The van der Waals surface area contributed by atoms with E-state index in [0.717, 1.165) is 18.6 Å². The van der Waals surface area contributed by atoms with Crippen LogP contribution in [0.4, 0.5) is 6.01 Å². The molecule has 1 aliphatic carbocycles. The van der Waals surface area contributed by atoms with Crippen molar-refractivity contribution in [3.05, 3.63) is 47.9 Å². The Morgan fingerprint density at radius 3 is 2.41 bits per heavy atom. The molecular formula is C14H16N2O. The predicted octanol–water partition coefficient (Wildman–Crippen LogP) is 3.12. The average Bonchev–Trinajstić information content (AvgIpc) is 2.99. The van der Waals surface area contributed by atoms with E-state index in [2.05, 4.69) is 29.2 Å². The Morgan fingerprint density at radius 2 is 1.82 bits per heavy atom. The summed E-state index contributed by atoms with van der Waals surface area (Å²) in [6.07, 6.45) is 6.48. The number of anilines is 1. The Labute approximate surface area is 101 Å². The molecule has 3 heteroatoms. The number of aromatic nitrogens is 1. The van der Waals surface area contributed by atoms with Crippen molar-refractivity contribution in [3.8, 4) is 0 Å². The molecule has 3 rings (SSSR count). The summed E-state index contributed by atoms with van der Waals surface area (Å²) in [5.41, 5.74) is 6.91. The number of rotatable bonds is 2. The van der Waals surface area contributed by atoms with E-state index in [1.165, 1.54) is 18.4 Å². The van der Waals surface area contributed by atoms with Crippen molar-refractivity contribution in [2.75, 3.05) is 5.73 Å². The highest BCUT2D eigenvalue weighted by Gasteiger charge is 2.40. The van der Waals surface area contributed by atoms with Gasteiger partial charge in [0.1, 0.15) is 5.76 Å². The van der Waals surface area contributed by atoms with Gasteiger partial charge in [0.05, 0.1) is 11.6 Å². The lowest BCUT2D eigenvalue weighted by molar-refractivity contribution is 0.398. The van der Waals surface area contributed by atoms with Crippen LogP contribution >= 0.6 is 0 Å². The first kappa shape index (κ1) is 10.4. The second-order valence-electron chi connectivity index (χ2n) is 4.72. The molecule has 0 spiro atoms. The number of hydrogen-bond acceptors (Lipinski definition) is 3. The van der Waals surface area contributed by atoms with Gasteiger partial charge in [0.25, 0.3) is 6.01 Å². The predicted molar refractivity (Wildman–Crippen MR) is 66.6 cm³/mol. The van der Waals surface area contributed by atoms with E-state index in [4.69, 9.17) is 10.2 Å². The number of hydrogen-bond donors (Lipinski definition) is 1. The molecule has 0 bridgehead atoms. The Morgan fingerprint density at radius 1 is 1.12 bits per heavy atom. The van der Waals surface area contributed by atoms with Gasteiger partial charge in [-0.15, -0.1) is 0 Å². The van der Waals surface area contributed by atoms with Gasteiger partial charge in [0, 0.05) is 0 Å². The Kier molecular flexibility index (Phi) is 2.39. The molecule has 2 N–H and O–H groups in total. The van der Waals surface area contributed by atoms with Crippen molar-refractivity contribution >= 4 is 6.01 Å². The summed E-state index contributed by atoms with van der Waals surface area (Å²) in [6.45, 7) is 0. The van der Waals surface area contributed by atoms with Crippen molar-refractivity contribution < 1.29 is 4.42 Å². The van der Waals surface area contributed by atoms with Gasteiger partial charge in [-0.2, -0.15) is 0 Å². The molecule has 0 aliphatic heterocycles. The van der Waals surface area contributed by atoms with Crippen LogP contribution in [0.2, 0.25) is 0 Å². The summed E-state index contributed by atoms with van der Waals surface area (Å²) < 4.78 is 5.59. The SMILES string of the molecule is Nc1ncc(C2(c3ccccc3)CCCC2)o1. The summed E-state index contributed by atoms with van der Waals surface area (Å²) >= 11 is 0. The summed E-state index contributed by atoms with van der Waals surface area (Å²) in [7, 11) is 0. The van der Waals surface area contributed by atoms with Crippen LogP contribution in [-0.4, -0.2) is 4.98 Å². The second-order valence-corrected chi connectivity index (χ2v) is 4.72. The largest absolute Gasteiger partial charge is 0.428 e. The minimum Gasteiger partial charge on any atom is -0.428 e. The molecule has 1 aromatic heterocycles. The van der Waals surface area contributed by atoms with Crippen molar-refractivity contribution in [1.82, 2.24) is 4.98 Å². The van der Waals surface area contributed by atoms with Gasteiger partial charge in [0.15, 0.2) is 0 Å². The number of benzene rings is 1. The highest BCUT2D eigenvalue weighted by atomic mass is 16.4. The third-order valence-corrected chi connectivity index (χ3v) is 3.78. The molecule has 1 fully saturated rings. The molecule has 1 aromatic carbocycles. The monoisotopic (exact) mass is 228 g/mol. The molecule has 1 saturated carbocycles. The number of nitrogens with two attached hydrogens (primary N) is 1. The van der Waals surface area contributed by atoms with Gasteiger partial charge in [-0.05, 0) is 18.4 Å². The van der Waals surface area contributed by atoms with Gasteiger partial charge in [-0.25, -0.2) is 4.98 Å². The quantitative estimate of drug-likeness (QED) is 0.859. The third kappa shape index (κ3) is 1.62. The van der Waals surface area contributed by atoms with Crippen LogP contribution in [0.5, 0.6) is 0 Å². The van der Waals surface area contributed by atoms with Crippen LogP contribution in [0, 0.1) is 0 Å². The van der Waals surface area contributed by atoms with Crippen molar-refractivity contribution in [2.24, 2.45) is 0 Å². The zero-order valence-electron chi connectivity index (χ0n) is 9.73. The highest BCUT2D eigenvalue weighted by molar-refractivity contribution is 5.36. The van der Waals surface area contributed by atoms with Crippen LogP contribution < -0.4 is 5.73 Å². The Balaban J connectivity index is 2.11. The molecule has 0 amide bonds. The molecule has 2 aromatic rings. The van der Waals surface area contributed by atoms with E-state index in [1.54, 1.807) is 6.20 Å². The maximum Gasteiger partial charge on any atom is 0.292 e. The lowest BCUT2D eigenvalue weighted by Crippen LogP contribution is -2.22. The van der Waals surface area contributed by atoms with E-state index in [9.17, 15) is 0 Å². The molecule has 3 nitrogen and oxygen atoms in total. The zero-order chi connectivity index (χ0) is 11.7. The zero-order valence-corrected chi connectivity index (χ0v) is 9.73. The molecule has 0 atom stereocenters. The van der Waals surface area contributed by atoms with E-state index in [0.29, 0.717) is 0 Å². The number of nitrogen functional groups attached to an aromatic ring is 1. The summed E-state index contributed by atoms with van der Waals surface area (Å²) in [6, 6.07) is 10.8. The second kappa shape index (κ2) is 3.91. The molecule has 0 radical (unpaired) electrons.